The second-order valence-electron chi connectivity index (χ2n) is 8.59. The number of allylic oxidation sites excluding steroid dienone is 3. The van der Waals surface area contributed by atoms with Gasteiger partial charge in [0.1, 0.15) is 6.61 Å². The zero-order chi connectivity index (χ0) is 23.4. The van der Waals surface area contributed by atoms with E-state index in [1.807, 2.05) is 49.4 Å². The minimum atomic E-state index is -0.414. The van der Waals surface area contributed by atoms with E-state index in [-0.39, 0.29) is 18.4 Å². The first-order valence-electron chi connectivity index (χ1n) is 11.8. The number of Topliss-reactive ketones (excluding diaryl/α,β-unsaturated/α-hetero) is 1. The van der Waals surface area contributed by atoms with Crippen LogP contribution in [0.3, 0.4) is 0 Å². The Morgan fingerprint density at radius 1 is 1.03 bits per heavy atom. The van der Waals surface area contributed by atoms with Crippen molar-refractivity contribution < 1.29 is 14.3 Å². The molecule has 0 bridgehead atoms. The van der Waals surface area contributed by atoms with Gasteiger partial charge in [0.2, 0.25) is 0 Å². The maximum atomic E-state index is 13.4. The van der Waals surface area contributed by atoms with Gasteiger partial charge in [-0.15, -0.1) is 0 Å². The van der Waals surface area contributed by atoms with Gasteiger partial charge in [0.15, 0.2) is 5.78 Å². The lowest BCUT2D eigenvalue weighted by Gasteiger charge is -2.34. The summed E-state index contributed by atoms with van der Waals surface area (Å²) in [6.45, 7) is 8.22. The molecule has 33 heavy (non-hydrogen) atoms. The summed E-state index contributed by atoms with van der Waals surface area (Å²) in [4.78, 5) is 28.7. The van der Waals surface area contributed by atoms with E-state index in [0.29, 0.717) is 17.6 Å². The maximum Gasteiger partial charge on any atom is 0.337 e. The summed E-state index contributed by atoms with van der Waals surface area (Å²) in [5, 5.41) is 3.35. The molecule has 5 nitrogen and oxygen atoms in total. The predicted octanol–water partition coefficient (Wildman–Crippen LogP) is 5.24. The van der Waals surface area contributed by atoms with E-state index in [9.17, 15) is 9.59 Å². The fraction of sp³-hybridized carbons (Fsp3) is 0.357. The van der Waals surface area contributed by atoms with E-state index < -0.39 is 5.92 Å². The Morgan fingerprint density at radius 3 is 2.39 bits per heavy atom. The molecule has 172 valence electrons. The maximum absolute atomic E-state index is 13.4. The summed E-state index contributed by atoms with van der Waals surface area (Å²) >= 11 is 0. The van der Waals surface area contributed by atoms with E-state index in [1.165, 1.54) is 0 Å². The van der Waals surface area contributed by atoms with Crippen LogP contribution in [-0.2, 0) is 20.9 Å². The van der Waals surface area contributed by atoms with Crippen molar-refractivity contribution in [1.82, 2.24) is 5.32 Å². The van der Waals surface area contributed by atoms with E-state index in [0.717, 1.165) is 54.1 Å². The number of esters is 1. The molecule has 1 unspecified atom stereocenters. The highest BCUT2D eigenvalue weighted by Crippen LogP contribution is 2.42. The zero-order valence-electron chi connectivity index (χ0n) is 19.7. The number of dihydropyridines is 1. The number of anilines is 1. The first-order valence-corrected chi connectivity index (χ1v) is 11.8. The fourth-order valence-electron chi connectivity index (χ4n) is 4.85. The summed E-state index contributed by atoms with van der Waals surface area (Å²) < 4.78 is 5.72. The summed E-state index contributed by atoms with van der Waals surface area (Å²) in [6.07, 6.45) is 2.16. The Hall–Kier alpha value is -3.34. The summed E-state index contributed by atoms with van der Waals surface area (Å²) in [6, 6.07) is 17.9. The SMILES string of the molecule is CCN(CC)c1ccc(C2C(C(=O)OCc3ccccc3)=C(C)NC3=C2C(=O)CCC3)cc1. The molecule has 0 saturated heterocycles. The van der Waals surface area contributed by atoms with Crippen LogP contribution in [-0.4, -0.2) is 24.8 Å². The van der Waals surface area contributed by atoms with Crippen molar-refractivity contribution in [2.75, 3.05) is 18.0 Å². The van der Waals surface area contributed by atoms with E-state index in [4.69, 9.17) is 4.74 Å². The van der Waals surface area contributed by atoms with Gasteiger partial charge in [-0.2, -0.15) is 0 Å². The van der Waals surface area contributed by atoms with Crippen molar-refractivity contribution in [3.63, 3.8) is 0 Å². The average molecular weight is 445 g/mol. The predicted molar refractivity (Wildman–Crippen MR) is 131 cm³/mol. The third-order valence-electron chi connectivity index (χ3n) is 6.56. The molecule has 2 aromatic rings. The molecule has 1 heterocycles. The topological polar surface area (TPSA) is 58.6 Å². The number of benzene rings is 2. The number of carbonyl (C=O) groups excluding carboxylic acids is 2. The zero-order valence-corrected chi connectivity index (χ0v) is 19.7. The van der Waals surface area contributed by atoms with Gasteiger partial charge in [0, 0.05) is 48.1 Å². The fourth-order valence-corrected chi connectivity index (χ4v) is 4.85. The van der Waals surface area contributed by atoms with Crippen molar-refractivity contribution in [2.45, 2.75) is 52.6 Å². The minimum absolute atomic E-state index is 0.113. The lowest BCUT2D eigenvalue weighted by Crippen LogP contribution is -2.34. The number of rotatable bonds is 7. The number of ether oxygens (including phenoxy) is 1. The number of hydrogen-bond donors (Lipinski definition) is 1. The number of carbonyl (C=O) groups is 2. The Bertz CT molecular complexity index is 1080. The molecule has 1 N–H and O–H groups in total. The van der Waals surface area contributed by atoms with Crippen LogP contribution in [0.5, 0.6) is 0 Å². The van der Waals surface area contributed by atoms with Crippen LogP contribution in [0.2, 0.25) is 0 Å². The van der Waals surface area contributed by atoms with Gasteiger partial charge in [-0.25, -0.2) is 4.79 Å². The van der Waals surface area contributed by atoms with Gasteiger partial charge >= 0.3 is 5.97 Å². The Kier molecular flexibility index (Phi) is 6.97. The molecule has 1 aliphatic heterocycles. The van der Waals surface area contributed by atoms with Crippen LogP contribution in [0.1, 0.15) is 57.1 Å². The minimum Gasteiger partial charge on any atom is -0.457 e. The van der Waals surface area contributed by atoms with Gasteiger partial charge in [0.25, 0.3) is 0 Å². The molecule has 4 rings (SSSR count). The Labute approximate surface area is 196 Å². The van der Waals surface area contributed by atoms with Gasteiger partial charge < -0.3 is 15.0 Å². The summed E-state index contributed by atoms with van der Waals surface area (Å²) in [7, 11) is 0. The van der Waals surface area contributed by atoms with E-state index >= 15 is 0 Å². The van der Waals surface area contributed by atoms with Crippen LogP contribution in [0.15, 0.2) is 77.1 Å². The van der Waals surface area contributed by atoms with Crippen molar-refractivity contribution in [2.24, 2.45) is 0 Å². The molecular formula is C28H32N2O3. The standard InChI is InChI=1S/C28H32N2O3/c1-4-30(5-2)22-16-14-21(15-17-22)26-25(28(32)33-18-20-10-7-6-8-11-20)19(3)29-23-12-9-13-24(31)27(23)26/h6-8,10-11,14-17,26,29H,4-5,9,12-13,18H2,1-3H3. The molecule has 1 aliphatic carbocycles. The van der Waals surface area contributed by atoms with Crippen molar-refractivity contribution >= 4 is 17.4 Å². The van der Waals surface area contributed by atoms with Crippen LogP contribution in [0, 0.1) is 0 Å². The summed E-state index contributed by atoms with van der Waals surface area (Å²) in [5.74, 6) is -0.683. The molecule has 0 spiro atoms. The molecule has 0 saturated carbocycles. The Morgan fingerprint density at radius 2 is 1.73 bits per heavy atom. The van der Waals surface area contributed by atoms with Gasteiger partial charge in [0.05, 0.1) is 5.57 Å². The molecule has 0 radical (unpaired) electrons. The highest BCUT2D eigenvalue weighted by atomic mass is 16.5. The lowest BCUT2D eigenvalue weighted by molar-refractivity contribution is -0.140. The number of nitrogens with zero attached hydrogens (tertiary/aromatic N) is 1. The highest BCUT2D eigenvalue weighted by molar-refractivity contribution is 6.03. The lowest BCUT2D eigenvalue weighted by atomic mass is 9.75. The van der Waals surface area contributed by atoms with Gasteiger partial charge in [-0.3, -0.25) is 4.79 Å². The van der Waals surface area contributed by atoms with Crippen LogP contribution >= 0.6 is 0 Å². The third-order valence-corrected chi connectivity index (χ3v) is 6.56. The van der Waals surface area contributed by atoms with Crippen LogP contribution in [0.25, 0.3) is 0 Å². The third kappa shape index (κ3) is 4.72. The van der Waals surface area contributed by atoms with Crippen molar-refractivity contribution in [3.8, 4) is 0 Å². The quantitative estimate of drug-likeness (QED) is 0.592. The smallest absolute Gasteiger partial charge is 0.337 e. The molecule has 0 fully saturated rings. The first kappa shape index (κ1) is 22.8. The van der Waals surface area contributed by atoms with E-state index in [1.54, 1.807) is 0 Å². The van der Waals surface area contributed by atoms with Crippen molar-refractivity contribution in [3.05, 3.63) is 88.3 Å². The molecule has 2 aliphatic rings. The highest BCUT2D eigenvalue weighted by Gasteiger charge is 2.39. The van der Waals surface area contributed by atoms with Gasteiger partial charge in [-0.05, 0) is 56.9 Å². The monoisotopic (exact) mass is 444 g/mol. The van der Waals surface area contributed by atoms with E-state index in [2.05, 4.69) is 36.2 Å². The van der Waals surface area contributed by atoms with Crippen LogP contribution < -0.4 is 10.2 Å². The Balaban J connectivity index is 1.69. The van der Waals surface area contributed by atoms with Gasteiger partial charge in [-0.1, -0.05) is 42.5 Å². The van der Waals surface area contributed by atoms with Crippen molar-refractivity contribution in [1.29, 1.82) is 0 Å². The molecule has 1 atom stereocenters. The molecule has 2 aromatic carbocycles. The molecule has 0 amide bonds. The summed E-state index contributed by atoms with van der Waals surface area (Å²) in [5.41, 5.74) is 5.96. The normalized spacial score (nSPS) is 18.0. The first-order chi connectivity index (χ1) is 16.0. The number of ketones is 1. The largest absolute Gasteiger partial charge is 0.457 e. The number of hydrogen-bond acceptors (Lipinski definition) is 5. The second-order valence-corrected chi connectivity index (χ2v) is 8.59. The average Bonchev–Trinajstić information content (AvgIpc) is 2.84. The molecule has 5 heteroatoms. The molecule has 0 aromatic heterocycles. The van der Waals surface area contributed by atoms with Crippen LogP contribution in [0.4, 0.5) is 5.69 Å². The molecular weight excluding hydrogens is 412 g/mol. The number of nitrogens with one attached hydrogen (secondary N) is 1. The second kappa shape index (κ2) is 10.1.